The SMILES string of the molecule is O.O.[Cl][Au]([Cl])[Cl].[K]. The molecule has 0 aliphatic heterocycles. The molecule has 2 nitrogen and oxygen atoms in total. The molecule has 0 saturated heterocycles. The van der Waals surface area contributed by atoms with E-state index < -0.39 is 15.2 Å². The summed E-state index contributed by atoms with van der Waals surface area (Å²) in [5.41, 5.74) is 0. The van der Waals surface area contributed by atoms with Crippen LogP contribution in [0.4, 0.5) is 0 Å². The second-order valence-corrected chi connectivity index (χ2v) is 9.52. The third kappa shape index (κ3) is 47.0. The fourth-order valence-corrected chi connectivity index (χ4v) is 0. The maximum absolute atomic E-state index is 4.95. The van der Waals surface area contributed by atoms with Gasteiger partial charge < -0.3 is 11.0 Å². The van der Waals surface area contributed by atoms with Crippen LogP contribution >= 0.6 is 27.6 Å². The Bertz CT molecular complexity index is 17.7. The Labute approximate surface area is 103 Å². The molecule has 4 N–H and O–H groups in total. The average molecular weight is 378 g/mol. The van der Waals surface area contributed by atoms with Crippen LogP contribution in [0.5, 0.6) is 0 Å². The van der Waals surface area contributed by atoms with E-state index in [1.54, 1.807) is 0 Å². The summed E-state index contributed by atoms with van der Waals surface area (Å²) in [6.07, 6.45) is 0. The summed E-state index contributed by atoms with van der Waals surface area (Å²) in [6.45, 7) is 0. The van der Waals surface area contributed by atoms with Crippen LogP contribution < -0.4 is 0 Å². The second-order valence-electron chi connectivity index (χ2n) is 0.129. The first kappa shape index (κ1) is 22.5. The van der Waals surface area contributed by atoms with Gasteiger partial charge in [0.15, 0.2) is 0 Å². The minimum Gasteiger partial charge on any atom is 0 e. The fraction of sp³-hybridized carbons (Fsp3) is 0. The van der Waals surface area contributed by atoms with E-state index in [9.17, 15) is 0 Å². The average Bonchev–Trinajstić information content (AvgIpc) is 0.811. The molecule has 0 fully saturated rings. The fourth-order valence-electron chi connectivity index (χ4n) is 0. The molecule has 0 atom stereocenters. The summed E-state index contributed by atoms with van der Waals surface area (Å²) in [5.74, 6) is 0. The van der Waals surface area contributed by atoms with Crippen LogP contribution in [0.15, 0.2) is 0 Å². The van der Waals surface area contributed by atoms with Gasteiger partial charge in [-0.25, -0.2) is 0 Å². The Morgan fingerprint density at radius 3 is 0.857 bits per heavy atom. The zero-order valence-electron chi connectivity index (χ0n) is 3.44. The topological polar surface area (TPSA) is 63.0 Å². The van der Waals surface area contributed by atoms with Gasteiger partial charge in [-0.1, -0.05) is 0 Å². The van der Waals surface area contributed by atoms with Gasteiger partial charge in [0.05, 0.1) is 0 Å². The van der Waals surface area contributed by atoms with E-state index in [2.05, 4.69) is 0 Å². The van der Waals surface area contributed by atoms with Crippen molar-refractivity contribution in [3.8, 4) is 0 Å². The van der Waals surface area contributed by atoms with Gasteiger partial charge >= 0.3 is 42.8 Å². The van der Waals surface area contributed by atoms with E-state index in [1.165, 1.54) is 0 Å². The summed E-state index contributed by atoms with van der Waals surface area (Å²) in [7, 11) is 14.9. The van der Waals surface area contributed by atoms with Crippen molar-refractivity contribution < 1.29 is 26.2 Å². The Kier molecular flexibility index (Phi) is 51.6. The predicted octanol–water partition coefficient (Wildman–Crippen LogP) is 0.0358. The zero-order chi connectivity index (χ0) is 3.58. The van der Waals surface area contributed by atoms with Crippen molar-refractivity contribution in [2.24, 2.45) is 0 Å². The smallest absolute Gasteiger partial charge is 0 e. The molecular weight excluding hydrogens is 374 g/mol. The van der Waals surface area contributed by atoms with Gasteiger partial charge in [-0.3, -0.25) is 0 Å². The van der Waals surface area contributed by atoms with E-state index in [1.807, 2.05) is 0 Å². The molecule has 0 rings (SSSR count). The van der Waals surface area contributed by atoms with Crippen LogP contribution in [0, 0.1) is 0 Å². The molecule has 0 unspecified atom stereocenters. The molecule has 0 spiro atoms. The summed E-state index contributed by atoms with van der Waals surface area (Å²) in [5, 5.41) is 0. The maximum Gasteiger partial charge on any atom is 0 e. The molecule has 7 heavy (non-hydrogen) atoms. The quantitative estimate of drug-likeness (QED) is 0.535. The number of rotatable bonds is 0. The van der Waals surface area contributed by atoms with E-state index in [-0.39, 0.29) is 62.3 Å². The number of halogens is 3. The van der Waals surface area contributed by atoms with Crippen LogP contribution in [0.25, 0.3) is 0 Å². The molecular formula is H4AuCl3KO2. The van der Waals surface area contributed by atoms with Gasteiger partial charge in [0.2, 0.25) is 0 Å². The third-order valence-electron chi connectivity index (χ3n) is 0. The maximum atomic E-state index is 4.95. The Balaban J connectivity index is -0.0000000150. The molecule has 0 amide bonds. The number of hydrogen-bond donors (Lipinski definition) is 0. The van der Waals surface area contributed by atoms with Crippen molar-refractivity contribution >= 4 is 79.0 Å². The van der Waals surface area contributed by atoms with Crippen molar-refractivity contribution in [1.82, 2.24) is 0 Å². The van der Waals surface area contributed by atoms with Crippen LogP contribution in [0.2, 0.25) is 0 Å². The van der Waals surface area contributed by atoms with E-state index in [0.29, 0.717) is 0 Å². The minimum absolute atomic E-state index is 0. The number of hydrogen-bond acceptors (Lipinski definition) is 0. The minimum atomic E-state index is -1.79. The van der Waals surface area contributed by atoms with Crippen LogP contribution in [0.1, 0.15) is 0 Å². The van der Waals surface area contributed by atoms with Crippen LogP contribution in [-0.2, 0) is 15.2 Å². The molecule has 0 heterocycles. The van der Waals surface area contributed by atoms with Crippen molar-refractivity contribution in [3.63, 3.8) is 0 Å². The largest absolute Gasteiger partial charge is 0 e. The van der Waals surface area contributed by atoms with Crippen molar-refractivity contribution in [2.75, 3.05) is 0 Å². The van der Waals surface area contributed by atoms with Gasteiger partial charge in [-0.15, -0.1) is 0 Å². The molecule has 0 bridgehead atoms. The Hall–Kier alpha value is 3.17. The molecule has 0 saturated carbocycles. The molecule has 49 valence electrons. The first-order valence-corrected chi connectivity index (χ1v) is 8.40. The zero-order valence-corrected chi connectivity index (χ0v) is 11.0. The molecule has 0 aromatic rings. The summed E-state index contributed by atoms with van der Waals surface area (Å²) >= 11 is -1.79. The van der Waals surface area contributed by atoms with Crippen molar-refractivity contribution in [3.05, 3.63) is 0 Å². The van der Waals surface area contributed by atoms with Gasteiger partial charge in [0, 0.05) is 51.4 Å². The van der Waals surface area contributed by atoms with Crippen LogP contribution in [0.3, 0.4) is 0 Å². The monoisotopic (exact) mass is 377 g/mol. The molecule has 0 aromatic heterocycles. The van der Waals surface area contributed by atoms with E-state index in [4.69, 9.17) is 27.6 Å². The molecule has 0 aliphatic carbocycles. The Morgan fingerprint density at radius 2 is 0.857 bits per heavy atom. The Morgan fingerprint density at radius 1 is 0.857 bits per heavy atom. The van der Waals surface area contributed by atoms with Gasteiger partial charge in [0.1, 0.15) is 0 Å². The van der Waals surface area contributed by atoms with Crippen molar-refractivity contribution in [1.29, 1.82) is 0 Å². The van der Waals surface area contributed by atoms with Gasteiger partial charge in [-0.05, 0) is 0 Å². The summed E-state index contributed by atoms with van der Waals surface area (Å²) in [6, 6.07) is 0. The standard InChI is InChI=1S/Au.3ClH.K.2H2O/h;3*1H;;2*1H2/q+3;;;;;;/p-3. The first-order chi connectivity index (χ1) is 1.73. The van der Waals surface area contributed by atoms with Crippen LogP contribution in [-0.4, -0.2) is 62.3 Å². The summed E-state index contributed by atoms with van der Waals surface area (Å²) < 4.78 is 0. The first-order valence-electron chi connectivity index (χ1n) is 0.342. The van der Waals surface area contributed by atoms with E-state index >= 15 is 0 Å². The summed E-state index contributed by atoms with van der Waals surface area (Å²) in [4.78, 5) is 0. The van der Waals surface area contributed by atoms with Gasteiger partial charge in [-0.2, -0.15) is 0 Å². The molecule has 1 radical (unpaired) electrons. The molecule has 0 aromatic carbocycles. The van der Waals surface area contributed by atoms with Crippen molar-refractivity contribution in [2.45, 2.75) is 0 Å². The predicted molar refractivity (Wildman–Crippen MR) is 30.5 cm³/mol. The van der Waals surface area contributed by atoms with Gasteiger partial charge in [0.25, 0.3) is 0 Å². The molecule has 0 aliphatic rings. The third-order valence-corrected chi connectivity index (χ3v) is 0. The normalized spacial score (nSPS) is 6.43. The second kappa shape index (κ2) is 16.1. The van der Waals surface area contributed by atoms with E-state index in [0.717, 1.165) is 0 Å². The molecule has 7 heteroatoms.